The number of nitrogens with one attached hydrogen (secondary N) is 2. The fourth-order valence-corrected chi connectivity index (χ4v) is 4.95. The summed E-state index contributed by atoms with van der Waals surface area (Å²) in [7, 11) is 0. The second-order valence-corrected chi connectivity index (χ2v) is 8.50. The Balaban J connectivity index is 1.72. The van der Waals surface area contributed by atoms with Crippen molar-refractivity contribution in [3.05, 3.63) is 102 Å². The Kier molecular flexibility index (Phi) is 5.17. The van der Waals surface area contributed by atoms with Gasteiger partial charge in [-0.25, -0.2) is 8.78 Å². The molecule has 33 heavy (non-hydrogen) atoms. The van der Waals surface area contributed by atoms with E-state index in [1.54, 1.807) is 31.2 Å². The van der Waals surface area contributed by atoms with Crippen molar-refractivity contribution in [3.8, 4) is 0 Å². The van der Waals surface area contributed by atoms with Crippen molar-refractivity contribution in [2.24, 2.45) is 10.5 Å². The number of carbonyl (C=O) groups excluding carboxylic acids is 1. The van der Waals surface area contributed by atoms with Crippen molar-refractivity contribution >= 4 is 34.6 Å². The van der Waals surface area contributed by atoms with E-state index in [4.69, 9.17) is 12.2 Å². The van der Waals surface area contributed by atoms with E-state index in [9.17, 15) is 13.6 Å². The third-order valence-electron chi connectivity index (χ3n) is 6.26. The SMILES string of the molecule is CC1=NN(c2ccccc2)C(=O)C12[C@H](c1ccc(F)cc1)NC(=S)N[C@H]2c1ccc(F)cc1. The molecule has 2 aliphatic heterocycles. The van der Waals surface area contributed by atoms with E-state index in [2.05, 4.69) is 15.7 Å². The second kappa shape index (κ2) is 8.04. The number of benzene rings is 3. The minimum absolute atomic E-state index is 0.266. The smallest absolute Gasteiger partial charge is 0.264 e. The second-order valence-electron chi connectivity index (χ2n) is 8.09. The molecule has 1 saturated heterocycles. The number of halogens is 2. The van der Waals surface area contributed by atoms with Crippen molar-refractivity contribution in [2.45, 2.75) is 19.0 Å². The predicted octanol–water partition coefficient (Wildman–Crippen LogP) is 4.63. The molecule has 2 N–H and O–H groups in total. The van der Waals surface area contributed by atoms with Crippen LogP contribution < -0.4 is 15.6 Å². The van der Waals surface area contributed by atoms with Gasteiger partial charge in [-0.1, -0.05) is 42.5 Å². The fourth-order valence-electron chi connectivity index (χ4n) is 4.72. The standard InChI is InChI=1S/C25H20F2N4OS/c1-15-25(23(32)31(30-15)20-5-3-2-4-6-20)21(16-7-11-18(26)12-8-16)28-24(33)29-22(25)17-9-13-19(27)14-10-17/h2-14,21-22H,1H3,(H2,28,29,33)/t21-,22-/m0/s1. The van der Waals surface area contributed by atoms with Crippen LogP contribution in [0.4, 0.5) is 14.5 Å². The van der Waals surface area contributed by atoms with Crippen LogP contribution in [0.1, 0.15) is 30.1 Å². The Labute approximate surface area is 195 Å². The maximum absolute atomic E-state index is 14.2. The highest BCUT2D eigenvalue weighted by Gasteiger charge is 2.62. The number of carbonyl (C=O) groups is 1. The molecule has 0 saturated carbocycles. The number of hydrazone groups is 1. The molecule has 3 aromatic rings. The van der Waals surface area contributed by atoms with Gasteiger partial charge in [0.1, 0.15) is 17.0 Å². The maximum atomic E-state index is 14.2. The number of rotatable bonds is 3. The number of hydrogen-bond acceptors (Lipinski definition) is 3. The van der Waals surface area contributed by atoms with E-state index in [-0.39, 0.29) is 17.5 Å². The molecule has 2 heterocycles. The van der Waals surface area contributed by atoms with Gasteiger partial charge in [-0.15, -0.1) is 0 Å². The zero-order chi connectivity index (χ0) is 23.2. The zero-order valence-corrected chi connectivity index (χ0v) is 18.4. The van der Waals surface area contributed by atoms with E-state index in [0.717, 1.165) is 0 Å². The molecule has 0 bridgehead atoms. The van der Waals surface area contributed by atoms with Crippen molar-refractivity contribution in [2.75, 3.05) is 5.01 Å². The number of hydrogen-bond donors (Lipinski definition) is 2. The van der Waals surface area contributed by atoms with Gasteiger partial charge in [0, 0.05) is 0 Å². The van der Waals surface area contributed by atoms with Gasteiger partial charge in [0.25, 0.3) is 5.91 Å². The number of thiocarbonyl (C=S) groups is 1. The summed E-state index contributed by atoms with van der Waals surface area (Å²) in [6.07, 6.45) is 0. The van der Waals surface area contributed by atoms with Crippen molar-refractivity contribution < 1.29 is 13.6 Å². The van der Waals surface area contributed by atoms with E-state index in [0.29, 0.717) is 27.6 Å². The molecule has 0 unspecified atom stereocenters. The molecule has 8 heteroatoms. The van der Waals surface area contributed by atoms with E-state index in [1.807, 2.05) is 30.3 Å². The van der Waals surface area contributed by atoms with Gasteiger partial charge >= 0.3 is 0 Å². The van der Waals surface area contributed by atoms with Crippen LogP contribution in [0, 0.1) is 17.0 Å². The lowest BCUT2D eigenvalue weighted by Crippen LogP contribution is -2.63. The molecule has 0 aromatic heterocycles. The van der Waals surface area contributed by atoms with Crippen LogP contribution >= 0.6 is 12.2 Å². The Bertz CT molecular complexity index is 1190. The summed E-state index contributed by atoms with van der Waals surface area (Å²) in [5.74, 6) is -1.03. The Morgan fingerprint density at radius 3 is 1.82 bits per heavy atom. The highest BCUT2D eigenvalue weighted by atomic mass is 32.1. The summed E-state index contributed by atoms with van der Waals surface area (Å²) in [5, 5.41) is 12.8. The lowest BCUT2D eigenvalue weighted by atomic mass is 9.65. The number of nitrogens with zero attached hydrogens (tertiary/aromatic N) is 2. The summed E-state index contributed by atoms with van der Waals surface area (Å²) < 4.78 is 27.4. The van der Waals surface area contributed by atoms with Gasteiger partial charge in [-0.3, -0.25) is 4.79 Å². The van der Waals surface area contributed by atoms with Crippen LogP contribution in [0.15, 0.2) is 84.0 Å². The molecule has 2 aliphatic rings. The quantitative estimate of drug-likeness (QED) is 0.557. The molecule has 0 radical (unpaired) electrons. The number of para-hydroxylation sites is 1. The summed E-state index contributed by atoms with van der Waals surface area (Å²) in [4.78, 5) is 14.2. The molecular weight excluding hydrogens is 442 g/mol. The molecule has 1 amide bonds. The van der Waals surface area contributed by atoms with E-state index < -0.39 is 17.5 Å². The normalized spacial score (nSPS) is 21.5. The predicted molar refractivity (Wildman–Crippen MR) is 127 cm³/mol. The summed E-state index contributed by atoms with van der Waals surface area (Å²) in [5.41, 5.74) is 1.31. The van der Waals surface area contributed by atoms with Crippen LogP contribution in [-0.2, 0) is 4.79 Å². The largest absolute Gasteiger partial charge is 0.354 e. The maximum Gasteiger partial charge on any atom is 0.264 e. The van der Waals surface area contributed by atoms with Gasteiger partial charge in [-0.05, 0) is 66.7 Å². The lowest BCUT2D eigenvalue weighted by Gasteiger charge is -2.47. The highest BCUT2D eigenvalue weighted by Crippen LogP contribution is 2.52. The molecule has 0 aliphatic carbocycles. The van der Waals surface area contributed by atoms with Crippen LogP contribution in [0.2, 0.25) is 0 Å². The van der Waals surface area contributed by atoms with Gasteiger partial charge in [-0.2, -0.15) is 10.1 Å². The van der Waals surface area contributed by atoms with Crippen LogP contribution in [0.25, 0.3) is 0 Å². The number of anilines is 1. The van der Waals surface area contributed by atoms with Crippen molar-refractivity contribution in [1.29, 1.82) is 0 Å². The highest BCUT2D eigenvalue weighted by molar-refractivity contribution is 7.80. The van der Waals surface area contributed by atoms with Gasteiger partial charge in [0.15, 0.2) is 5.11 Å². The minimum atomic E-state index is -1.24. The van der Waals surface area contributed by atoms with Gasteiger partial charge < -0.3 is 10.6 Å². The molecule has 5 rings (SSSR count). The molecular formula is C25H20F2N4OS. The zero-order valence-electron chi connectivity index (χ0n) is 17.6. The first kappa shape index (κ1) is 21.2. The third kappa shape index (κ3) is 3.38. The van der Waals surface area contributed by atoms with Crippen LogP contribution in [-0.4, -0.2) is 16.7 Å². The fraction of sp³-hybridized carbons (Fsp3) is 0.160. The summed E-state index contributed by atoms with van der Waals surface area (Å²) in [6.45, 7) is 1.80. The topological polar surface area (TPSA) is 56.7 Å². The van der Waals surface area contributed by atoms with Crippen molar-refractivity contribution in [1.82, 2.24) is 10.6 Å². The molecule has 166 valence electrons. The van der Waals surface area contributed by atoms with Gasteiger partial charge in [0.2, 0.25) is 0 Å². The monoisotopic (exact) mass is 462 g/mol. The average molecular weight is 463 g/mol. The lowest BCUT2D eigenvalue weighted by molar-refractivity contribution is -0.126. The summed E-state index contributed by atoms with van der Waals surface area (Å²) in [6, 6.07) is 19.8. The molecule has 3 aromatic carbocycles. The Hall–Kier alpha value is -3.65. The van der Waals surface area contributed by atoms with Crippen LogP contribution in [0.3, 0.4) is 0 Å². The molecule has 5 nitrogen and oxygen atoms in total. The minimum Gasteiger partial charge on any atom is -0.354 e. The first-order valence-electron chi connectivity index (χ1n) is 10.4. The molecule has 2 atom stereocenters. The number of amides is 1. The van der Waals surface area contributed by atoms with E-state index in [1.165, 1.54) is 29.3 Å². The first-order chi connectivity index (χ1) is 15.9. The first-order valence-corrected chi connectivity index (χ1v) is 10.9. The molecule has 1 spiro atoms. The van der Waals surface area contributed by atoms with Crippen molar-refractivity contribution in [3.63, 3.8) is 0 Å². The molecule has 1 fully saturated rings. The third-order valence-corrected chi connectivity index (χ3v) is 6.50. The van der Waals surface area contributed by atoms with Gasteiger partial charge in [0.05, 0.1) is 23.5 Å². The Morgan fingerprint density at radius 1 is 0.848 bits per heavy atom. The van der Waals surface area contributed by atoms with Crippen LogP contribution in [0.5, 0.6) is 0 Å². The summed E-state index contributed by atoms with van der Waals surface area (Å²) >= 11 is 5.50. The van der Waals surface area contributed by atoms with E-state index >= 15 is 0 Å². The Morgan fingerprint density at radius 2 is 1.33 bits per heavy atom. The average Bonchev–Trinajstić information content (AvgIpc) is 3.08.